The van der Waals surface area contributed by atoms with Gasteiger partial charge in [-0.3, -0.25) is 0 Å². The summed E-state index contributed by atoms with van der Waals surface area (Å²) < 4.78 is 38.2. The van der Waals surface area contributed by atoms with E-state index >= 15 is 0 Å². The Morgan fingerprint density at radius 2 is 1.84 bits per heavy atom. The minimum Gasteiger partial charge on any atom is -0.478 e. The first-order valence-corrected chi connectivity index (χ1v) is 8.08. The standard InChI is InChI=1S/C18H15ClF3NO2/c19-15-9-14(18(20,21)22)5-6-16(15)23-8-7-13(10-23)11-1-3-12(4-2-11)17(24)25/h1-6,9,13H,7-8,10H2,(H,24,25). The molecule has 1 heterocycles. The molecule has 0 radical (unpaired) electrons. The summed E-state index contributed by atoms with van der Waals surface area (Å²) in [5, 5.41) is 9.02. The van der Waals surface area contributed by atoms with E-state index in [9.17, 15) is 18.0 Å². The maximum absolute atomic E-state index is 12.7. The topological polar surface area (TPSA) is 40.5 Å². The molecular weight excluding hydrogens is 355 g/mol. The van der Waals surface area contributed by atoms with Gasteiger partial charge in [-0.25, -0.2) is 4.79 Å². The Balaban J connectivity index is 1.75. The van der Waals surface area contributed by atoms with Crippen LogP contribution in [0.25, 0.3) is 0 Å². The van der Waals surface area contributed by atoms with Gasteiger partial charge in [0.1, 0.15) is 0 Å². The summed E-state index contributed by atoms with van der Waals surface area (Å²) >= 11 is 6.06. The number of alkyl halides is 3. The molecule has 2 aromatic carbocycles. The molecule has 0 spiro atoms. The van der Waals surface area contributed by atoms with Gasteiger partial charge in [0.05, 0.1) is 21.8 Å². The Bertz CT molecular complexity index is 790. The second kappa shape index (κ2) is 6.59. The highest BCUT2D eigenvalue weighted by atomic mass is 35.5. The molecule has 3 rings (SSSR count). The SMILES string of the molecule is O=C(O)c1ccc(C2CCN(c3ccc(C(F)(F)F)cc3Cl)C2)cc1. The van der Waals surface area contributed by atoms with Gasteiger partial charge in [0, 0.05) is 19.0 Å². The number of benzene rings is 2. The predicted octanol–water partition coefficient (Wildman–Crippen LogP) is 5.05. The van der Waals surface area contributed by atoms with Crippen LogP contribution in [0.3, 0.4) is 0 Å². The number of hydrogen-bond donors (Lipinski definition) is 1. The number of nitrogens with zero attached hydrogens (tertiary/aromatic N) is 1. The molecule has 0 bridgehead atoms. The van der Waals surface area contributed by atoms with Gasteiger partial charge in [0.15, 0.2) is 0 Å². The van der Waals surface area contributed by atoms with Crippen LogP contribution in [-0.2, 0) is 6.18 Å². The molecule has 1 saturated heterocycles. The molecule has 25 heavy (non-hydrogen) atoms. The zero-order valence-corrected chi connectivity index (χ0v) is 13.8. The lowest BCUT2D eigenvalue weighted by Crippen LogP contribution is -2.20. The maximum atomic E-state index is 12.7. The van der Waals surface area contributed by atoms with Gasteiger partial charge in [0.25, 0.3) is 0 Å². The smallest absolute Gasteiger partial charge is 0.416 e. The van der Waals surface area contributed by atoms with E-state index in [-0.39, 0.29) is 16.5 Å². The third kappa shape index (κ3) is 3.74. The van der Waals surface area contributed by atoms with Crippen LogP contribution in [0.5, 0.6) is 0 Å². The molecule has 1 atom stereocenters. The zero-order chi connectivity index (χ0) is 18.2. The van der Waals surface area contributed by atoms with E-state index in [1.165, 1.54) is 6.07 Å². The van der Waals surface area contributed by atoms with Gasteiger partial charge < -0.3 is 10.0 Å². The lowest BCUT2D eigenvalue weighted by molar-refractivity contribution is -0.137. The molecule has 132 valence electrons. The molecule has 0 amide bonds. The molecule has 2 aromatic rings. The Hall–Kier alpha value is -2.21. The maximum Gasteiger partial charge on any atom is 0.416 e. The number of carbonyl (C=O) groups is 1. The second-order valence-electron chi connectivity index (χ2n) is 6.02. The minimum absolute atomic E-state index is 0.0803. The molecule has 0 saturated carbocycles. The molecule has 1 aliphatic rings. The highest BCUT2D eigenvalue weighted by molar-refractivity contribution is 6.33. The van der Waals surface area contributed by atoms with Crippen molar-refractivity contribution >= 4 is 23.3 Å². The van der Waals surface area contributed by atoms with Crippen molar-refractivity contribution < 1.29 is 23.1 Å². The van der Waals surface area contributed by atoms with Crippen molar-refractivity contribution in [2.75, 3.05) is 18.0 Å². The Morgan fingerprint density at radius 3 is 2.40 bits per heavy atom. The fourth-order valence-corrected chi connectivity index (χ4v) is 3.39. The van der Waals surface area contributed by atoms with Crippen molar-refractivity contribution in [1.29, 1.82) is 0 Å². The zero-order valence-electron chi connectivity index (χ0n) is 13.1. The van der Waals surface area contributed by atoms with Crippen LogP contribution in [0.1, 0.15) is 33.8 Å². The Kier molecular flexibility index (Phi) is 4.64. The molecular formula is C18H15ClF3NO2. The van der Waals surface area contributed by atoms with Crippen molar-refractivity contribution in [2.24, 2.45) is 0 Å². The first-order valence-electron chi connectivity index (χ1n) is 7.70. The summed E-state index contributed by atoms with van der Waals surface area (Å²) in [7, 11) is 0. The monoisotopic (exact) mass is 369 g/mol. The highest BCUT2D eigenvalue weighted by Gasteiger charge is 2.32. The van der Waals surface area contributed by atoms with E-state index in [0.29, 0.717) is 18.8 Å². The van der Waals surface area contributed by atoms with Gasteiger partial charge in [-0.2, -0.15) is 13.2 Å². The van der Waals surface area contributed by atoms with Crippen LogP contribution in [0.4, 0.5) is 18.9 Å². The molecule has 1 aliphatic heterocycles. The highest BCUT2D eigenvalue weighted by Crippen LogP contribution is 2.38. The quantitative estimate of drug-likeness (QED) is 0.823. The van der Waals surface area contributed by atoms with E-state index in [2.05, 4.69) is 0 Å². The first-order chi connectivity index (χ1) is 11.8. The third-order valence-corrected chi connectivity index (χ3v) is 4.74. The summed E-state index contributed by atoms with van der Waals surface area (Å²) in [4.78, 5) is 12.9. The molecule has 1 fully saturated rings. The predicted molar refractivity (Wildman–Crippen MR) is 89.4 cm³/mol. The lowest BCUT2D eigenvalue weighted by Gasteiger charge is -2.21. The van der Waals surface area contributed by atoms with Crippen LogP contribution in [0.15, 0.2) is 42.5 Å². The number of anilines is 1. The largest absolute Gasteiger partial charge is 0.478 e. The molecule has 0 aliphatic carbocycles. The summed E-state index contributed by atoms with van der Waals surface area (Å²) in [6.45, 7) is 1.30. The summed E-state index contributed by atoms with van der Waals surface area (Å²) in [6, 6.07) is 10.1. The Morgan fingerprint density at radius 1 is 1.16 bits per heavy atom. The normalized spacial score (nSPS) is 17.8. The summed E-state index contributed by atoms with van der Waals surface area (Å²) in [5.74, 6) is -0.794. The minimum atomic E-state index is -4.42. The molecule has 1 N–H and O–H groups in total. The van der Waals surface area contributed by atoms with Gasteiger partial charge in [-0.1, -0.05) is 23.7 Å². The number of hydrogen-bond acceptors (Lipinski definition) is 2. The molecule has 3 nitrogen and oxygen atoms in total. The van der Waals surface area contributed by atoms with Crippen LogP contribution < -0.4 is 4.90 Å². The number of rotatable bonds is 3. The fraction of sp³-hybridized carbons (Fsp3) is 0.278. The van der Waals surface area contributed by atoms with E-state index in [1.807, 2.05) is 4.90 Å². The van der Waals surface area contributed by atoms with E-state index in [4.69, 9.17) is 16.7 Å². The van der Waals surface area contributed by atoms with Gasteiger partial charge in [-0.05, 0) is 42.3 Å². The fourth-order valence-electron chi connectivity index (χ4n) is 3.09. The second-order valence-corrected chi connectivity index (χ2v) is 6.43. The third-order valence-electron chi connectivity index (χ3n) is 4.43. The number of carboxylic acids is 1. The Labute approximate surface area is 147 Å². The van der Waals surface area contributed by atoms with Crippen LogP contribution in [-0.4, -0.2) is 24.2 Å². The van der Waals surface area contributed by atoms with Crippen molar-refractivity contribution in [2.45, 2.75) is 18.5 Å². The van der Waals surface area contributed by atoms with Crippen molar-refractivity contribution in [3.8, 4) is 0 Å². The molecule has 0 aromatic heterocycles. The summed E-state index contributed by atoms with van der Waals surface area (Å²) in [6.07, 6.45) is -3.59. The average molecular weight is 370 g/mol. The number of aromatic carboxylic acids is 1. The van der Waals surface area contributed by atoms with Crippen LogP contribution in [0.2, 0.25) is 5.02 Å². The van der Waals surface area contributed by atoms with Gasteiger partial charge in [0.2, 0.25) is 0 Å². The van der Waals surface area contributed by atoms with Gasteiger partial charge >= 0.3 is 12.1 Å². The molecule has 7 heteroatoms. The first kappa shape index (κ1) is 17.6. The van der Waals surface area contributed by atoms with Crippen molar-refractivity contribution in [1.82, 2.24) is 0 Å². The average Bonchev–Trinajstić information content (AvgIpc) is 3.03. The van der Waals surface area contributed by atoms with Crippen LogP contribution in [0, 0.1) is 0 Å². The number of halogens is 4. The molecule has 1 unspecified atom stereocenters. The lowest BCUT2D eigenvalue weighted by atomic mass is 9.97. The van der Waals surface area contributed by atoms with Crippen molar-refractivity contribution in [3.63, 3.8) is 0 Å². The van der Waals surface area contributed by atoms with Crippen molar-refractivity contribution in [3.05, 3.63) is 64.2 Å². The van der Waals surface area contributed by atoms with E-state index in [1.54, 1.807) is 24.3 Å². The summed E-state index contributed by atoms with van der Waals surface area (Å²) in [5.41, 5.74) is 1.06. The number of carboxylic acid groups (broad SMARTS) is 1. The van der Waals surface area contributed by atoms with Crippen LogP contribution >= 0.6 is 11.6 Å². The van der Waals surface area contributed by atoms with Gasteiger partial charge in [-0.15, -0.1) is 0 Å². The van der Waals surface area contributed by atoms with E-state index < -0.39 is 17.7 Å². The van der Waals surface area contributed by atoms with E-state index in [0.717, 1.165) is 24.1 Å².